The first-order valence-electron chi connectivity index (χ1n) is 5.90. The van der Waals surface area contributed by atoms with E-state index in [1.807, 2.05) is 6.92 Å². The highest BCUT2D eigenvalue weighted by molar-refractivity contribution is 6.32. The molecule has 1 heterocycles. The molecule has 1 aromatic carbocycles. The SMILES string of the molecule is CC1CC1C(=O)OCc1cc(Cl)c2c(c1)OCO2. The molecule has 1 saturated carbocycles. The van der Waals surface area contributed by atoms with E-state index in [4.69, 9.17) is 25.8 Å². The Morgan fingerprint density at radius 2 is 2.28 bits per heavy atom. The minimum absolute atomic E-state index is 0.0782. The molecule has 0 radical (unpaired) electrons. The van der Waals surface area contributed by atoms with Crippen molar-refractivity contribution >= 4 is 17.6 Å². The van der Waals surface area contributed by atoms with Crippen LogP contribution in [0.1, 0.15) is 18.9 Å². The largest absolute Gasteiger partial charge is 0.461 e. The van der Waals surface area contributed by atoms with Gasteiger partial charge in [-0.05, 0) is 30.0 Å². The van der Waals surface area contributed by atoms with Gasteiger partial charge in [-0.2, -0.15) is 0 Å². The van der Waals surface area contributed by atoms with Crippen LogP contribution in [0.2, 0.25) is 5.02 Å². The van der Waals surface area contributed by atoms with Crippen molar-refractivity contribution in [3.63, 3.8) is 0 Å². The van der Waals surface area contributed by atoms with Gasteiger partial charge in [0.2, 0.25) is 6.79 Å². The lowest BCUT2D eigenvalue weighted by molar-refractivity contribution is -0.146. The van der Waals surface area contributed by atoms with Crippen LogP contribution in [0.15, 0.2) is 12.1 Å². The lowest BCUT2D eigenvalue weighted by atomic mass is 10.2. The van der Waals surface area contributed by atoms with Gasteiger partial charge in [0.15, 0.2) is 11.5 Å². The van der Waals surface area contributed by atoms with E-state index in [1.54, 1.807) is 12.1 Å². The average molecular weight is 269 g/mol. The van der Waals surface area contributed by atoms with Crippen LogP contribution < -0.4 is 9.47 Å². The summed E-state index contributed by atoms with van der Waals surface area (Å²) in [5.41, 5.74) is 0.811. The second kappa shape index (κ2) is 4.35. The maximum atomic E-state index is 11.6. The van der Waals surface area contributed by atoms with Gasteiger partial charge < -0.3 is 14.2 Å². The van der Waals surface area contributed by atoms with Gasteiger partial charge in [0.1, 0.15) is 6.61 Å². The molecule has 0 saturated heterocycles. The zero-order valence-corrected chi connectivity index (χ0v) is 10.7. The topological polar surface area (TPSA) is 44.8 Å². The van der Waals surface area contributed by atoms with Crippen LogP contribution in [-0.4, -0.2) is 12.8 Å². The summed E-state index contributed by atoms with van der Waals surface area (Å²) >= 11 is 6.04. The molecule has 1 aliphatic carbocycles. The lowest BCUT2D eigenvalue weighted by Gasteiger charge is -2.06. The van der Waals surface area contributed by atoms with E-state index in [1.165, 1.54) is 0 Å². The molecule has 1 fully saturated rings. The van der Waals surface area contributed by atoms with Crippen LogP contribution in [0.25, 0.3) is 0 Å². The average Bonchev–Trinajstić information content (AvgIpc) is 2.89. The van der Waals surface area contributed by atoms with E-state index >= 15 is 0 Å². The molecule has 1 aromatic rings. The predicted octanol–water partition coefficient (Wildman–Crippen LogP) is 2.77. The van der Waals surface area contributed by atoms with Crippen LogP contribution in [0.3, 0.4) is 0 Å². The standard InChI is InChI=1S/C13H13ClO4/c1-7-2-9(7)13(15)16-5-8-3-10(14)12-11(4-8)17-6-18-12/h3-4,7,9H,2,5-6H2,1H3. The van der Waals surface area contributed by atoms with E-state index in [0.717, 1.165) is 12.0 Å². The first-order chi connectivity index (χ1) is 8.65. The van der Waals surface area contributed by atoms with Crippen molar-refractivity contribution < 1.29 is 19.0 Å². The third-order valence-corrected chi connectivity index (χ3v) is 3.56. The van der Waals surface area contributed by atoms with Crippen LogP contribution >= 0.6 is 11.6 Å². The van der Waals surface area contributed by atoms with Crippen molar-refractivity contribution in [1.29, 1.82) is 0 Å². The first kappa shape index (κ1) is 11.7. The van der Waals surface area contributed by atoms with Gasteiger partial charge >= 0.3 is 5.97 Å². The molecule has 3 rings (SSSR count). The summed E-state index contributed by atoms with van der Waals surface area (Å²) in [4.78, 5) is 11.6. The number of hydrogen-bond acceptors (Lipinski definition) is 4. The molecule has 2 aliphatic rings. The molecule has 0 N–H and O–H groups in total. The van der Waals surface area contributed by atoms with E-state index in [-0.39, 0.29) is 25.3 Å². The summed E-state index contributed by atoms with van der Waals surface area (Å²) in [5.74, 6) is 1.57. The van der Waals surface area contributed by atoms with Gasteiger partial charge in [0.25, 0.3) is 0 Å². The van der Waals surface area contributed by atoms with Gasteiger partial charge in [-0.15, -0.1) is 0 Å². The van der Waals surface area contributed by atoms with Gasteiger partial charge in [-0.1, -0.05) is 18.5 Å². The number of benzene rings is 1. The Bertz CT molecular complexity index is 500. The molecule has 2 atom stereocenters. The van der Waals surface area contributed by atoms with Crippen LogP contribution in [0, 0.1) is 11.8 Å². The molecular weight excluding hydrogens is 256 g/mol. The fourth-order valence-electron chi connectivity index (χ4n) is 2.02. The molecule has 5 heteroatoms. The van der Waals surface area contributed by atoms with Crippen LogP contribution in [0.4, 0.5) is 0 Å². The zero-order valence-electron chi connectivity index (χ0n) is 9.94. The highest BCUT2D eigenvalue weighted by Gasteiger charge is 2.40. The second-order valence-corrected chi connectivity index (χ2v) is 5.15. The normalized spacial score (nSPS) is 23.9. The first-order valence-corrected chi connectivity index (χ1v) is 6.27. The highest BCUT2D eigenvalue weighted by atomic mass is 35.5. The van der Waals surface area contributed by atoms with Crippen LogP contribution in [-0.2, 0) is 16.1 Å². The summed E-state index contributed by atoms with van der Waals surface area (Å²) < 4.78 is 15.7. The van der Waals surface area contributed by atoms with Gasteiger partial charge in [-0.3, -0.25) is 4.79 Å². The summed E-state index contributed by atoms with van der Waals surface area (Å²) in [5, 5.41) is 0.482. The third-order valence-electron chi connectivity index (χ3n) is 3.28. The maximum absolute atomic E-state index is 11.6. The smallest absolute Gasteiger partial charge is 0.309 e. The molecule has 0 bridgehead atoms. The van der Waals surface area contributed by atoms with Crippen molar-refractivity contribution in [2.75, 3.05) is 6.79 Å². The van der Waals surface area contributed by atoms with Crippen molar-refractivity contribution in [3.8, 4) is 11.5 Å². The Hall–Kier alpha value is -1.42. The lowest BCUT2D eigenvalue weighted by Crippen LogP contribution is -2.07. The van der Waals surface area contributed by atoms with Crippen molar-refractivity contribution in [2.24, 2.45) is 11.8 Å². The van der Waals surface area contributed by atoms with E-state index in [0.29, 0.717) is 22.4 Å². The Morgan fingerprint density at radius 1 is 1.50 bits per heavy atom. The molecule has 18 heavy (non-hydrogen) atoms. The Morgan fingerprint density at radius 3 is 3.00 bits per heavy atom. The number of rotatable bonds is 3. The fourth-order valence-corrected chi connectivity index (χ4v) is 2.30. The summed E-state index contributed by atoms with van der Waals surface area (Å²) in [6, 6.07) is 3.52. The zero-order chi connectivity index (χ0) is 12.7. The van der Waals surface area contributed by atoms with E-state index in [9.17, 15) is 4.79 Å². The Labute approximate surface area is 110 Å². The number of fused-ring (bicyclic) bond motifs is 1. The minimum Gasteiger partial charge on any atom is -0.461 e. The number of esters is 1. The molecule has 0 amide bonds. The predicted molar refractivity (Wildman–Crippen MR) is 64.6 cm³/mol. The number of ether oxygens (including phenoxy) is 3. The van der Waals surface area contributed by atoms with E-state index < -0.39 is 0 Å². The summed E-state index contributed by atoms with van der Waals surface area (Å²) in [6.07, 6.45) is 0.931. The van der Waals surface area contributed by atoms with Gasteiger partial charge in [-0.25, -0.2) is 0 Å². The highest BCUT2D eigenvalue weighted by Crippen LogP contribution is 2.41. The number of carbonyl (C=O) groups excluding carboxylic acids is 1. The third kappa shape index (κ3) is 2.12. The number of halogens is 1. The maximum Gasteiger partial charge on any atom is 0.309 e. The quantitative estimate of drug-likeness (QED) is 0.791. The number of hydrogen-bond donors (Lipinski definition) is 0. The fraction of sp³-hybridized carbons (Fsp3) is 0.462. The van der Waals surface area contributed by atoms with Gasteiger partial charge in [0.05, 0.1) is 10.9 Å². The molecule has 1 aliphatic heterocycles. The molecular formula is C13H13ClO4. The van der Waals surface area contributed by atoms with E-state index in [2.05, 4.69) is 0 Å². The Balaban J connectivity index is 1.66. The Kier molecular flexibility index (Phi) is 2.82. The van der Waals surface area contributed by atoms with Crippen molar-refractivity contribution in [1.82, 2.24) is 0 Å². The monoisotopic (exact) mass is 268 g/mol. The summed E-state index contributed by atoms with van der Waals surface area (Å²) in [6.45, 7) is 2.44. The van der Waals surface area contributed by atoms with Crippen molar-refractivity contribution in [3.05, 3.63) is 22.7 Å². The van der Waals surface area contributed by atoms with Crippen LogP contribution in [0.5, 0.6) is 11.5 Å². The second-order valence-electron chi connectivity index (χ2n) is 4.74. The molecule has 0 spiro atoms. The number of carbonyl (C=O) groups is 1. The molecule has 96 valence electrons. The minimum atomic E-state index is -0.128. The van der Waals surface area contributed by atoms with Crippen molar-refractivity contribution in [2.45, 2.75) is 20.0 Å². The molecule has 0 aromatic heterocycles. The molecule has 2 unspecified atom stereocenters. The summed E-state index contributed by atoms with van der Waals surface area (Å²) in [7, 11) is 0. The molecule has 4 nitrogen and oxygen atoms in total. The van der Waals surface area contributed by atoms with Gasteiger partial charge in [0, 0.05) is 0 Å².